The fraction of sp³-hybridized carbons (Fsp3) is 0.700. The fourth-order valence-electron chi connectivity index (χ4n) is 2.04. The van der Waals surface area contributed by atoms with Crippen LogP contribution in [0.15, 0.2) is 11.6 Å². The van der Waals surface area contributed by atoms with E-state index in [4.69, 9.17) is 5.73 Å². The molecular formula is C10H18ClN3S. The van der Waals surface area contributed by atoms with Gasteiger partial charge in [0, 0.05) is 24.2 Å². The molecular weight excluding hydrogens is 230 g/mol. The predicted octanol–water partition coefficient (Wildman–Crippen LogP) is 1.88. The van der Waals surface area contributed by atoms with Crippen molar-refractivity contribution in [3.8, 4) is 0 Å². The molecule has 0 saturated carbocycles. The van der Waals surface area contributed by atoms with Gasteiger partial charge < -0.3 is 5.73 Å². The monoisotopic (exact) mass is 247 g/mol. The van der Waals surface area contributed by atoms with E-state index in [1.165, 1.54) is 30.8 Å². The number of hydrogen-bond donors (Lipinski definition) is 1. The number of hydrogen-bond acceptors (Lipinski definition) is 4. The Morgan fingerprint density at radius 2 is 2.40 bits per heavy atom. The number of aromatic nitrogens is 1. The Labute approximate surface area is 101 Å². The fourth-order valence-corrected chi connectivity index (χ4v) is 2.68. The second kappa shape index (κ2) is 6.43. The van der Waals surface area contributed by atoms with E-state index in [0.29, 0.717) is 6.04 Å². The van der Waals surface area contributed by atoms with Gasteiger partial charge in [0.1, 0.15) is 5.01 Å². The van der Waals surface area contributed by atoms with Crippen molar-refractivity contribution in [1.29, 1.82) is 0 Å². The van der Waals surface area contributed by atoms with Gasteiger partial charge >= 0.3 is 0 Å². The number of halogens is 1. The second-order valence-corrected chi connectivity index (χ2v) is 4.76. The van der Waals surface area contributed by atoms with Gasteiger partial charge in [-0.2, -0.15) is 0 Å². The molecule has 0 spiro atoms. The third kappa shape index (κ3) is 3.41. The summed E-state index contributed by atoms with van der Waals surface area (Å²) in [5.74, 6) is 0. The molecule has 0 aromatic carbocycles. The van der Waals surface area contributed by atoms with Gasteiger partial charge in [-0.05, 0) is 19.4 Å². The molecule has 1 aromatic rings. The van der Waals surface area contributed by atoms with Crippen molar-refractivity contribution in [2.75, 3.05) is 13.1 Å². The number of likely N-dealkylation sites (tertiary alicyclic amines) is 1. The van der Waals surface area contributed by atoms with Gasteiger partial charge in [0.05, 0.1) is 6.54 Å². The summed E-state index contributed by atoms with van der Waals surface area (Å²) in [5, 5.41) is 3.25. The summed E-state index contributed by atoms with van der Waals surface area (Å²) in [4.78, 5) is 6.79. The highest BCUT2D eigenvalue weighted by Crippen LogP contribution is 2.19. The van der Waals surface area contributed by atoms with Crippen LogP contribution in [0.4, 0.5) is 0 Å². The zero-order valence-corrected chi connectivity index (χ0v) is 10.4. The first kappa shape index (κ1) is 12.9. The average Bonchev–Trinajstić information content (AvgIpc) is 2.71. The molecule has 5 heteroatoms. The summed E-state index contributed by atoms with van der Waals surface area (Å²) >= 11 is 1.74. The maximum atomic E-state index is 5.76. The highest BCUT2D eigenvalue weighted by Gasteiger charge is 2.21. The van der Waals surface area contributed by atoms with Gasteiger partial charge in [0.25, 0.3) is 0 Å². The number of nitrogens with two attached hydrogens (primary N) is 1. The van der Waals surface area contributed by atoms with Crippen LogP contribution in [0.2, 0.25) is 0 Å². The first-order valence-electron chi connectivity index (χ1n) is 5.22. The van der Waals surface area contributed by atoms with Crippen molar-refractivity contribution in [2.45, 2.75) is 31.8 Å². The Bertz CT molecular complexity index is 266. The highest BCUT2D eigenvalue weighted by molar-refractivity contribution is 7.09. The molecule has 3 nitrogen and oxygen atoms in total. The molecule has 1 saturated heterocycles. The lowest BCUT2D eigenvalue weighted by Crippen LogP contribution is -2.43. The summed E-state index contributed by atoms with van der Waals surface area (Å²) in [6.45, 7) is 2.95. The van der Waals surface area contributed by atoms with Crippen LogP contribution in [0.3, 0.4) is 0 Å². The smallest absolute Gasteiger partial charge is 0.107 e. The molecule has 1 fully saturated rings. The molecule has 2 N–H and O–H groups in total. The second-order valence-electron chi connectivity index (χ2n) is 3.78. The summed E-state index contributed by atoms with van der Waals surface area (Å²) in [6, 6.07) is 0.577. The number of rotatable bonds is 3. The lowest BCUT2D eigenvalue weighted by atomic mass is 10.0. The van der Waals surface area contributed by atoms with E-state index in [1.807, 2.05) is 11.6 Å². The molecule has 0 radical (unpaired) electrons. The van der Waals surface area contributed by atoms with E-state index in [0.717, 1.165) is 13.1 Å². The molecule has 0 bridgehead atoms. The van der Waals surface area contributed by atoms with E-state index in [9.17, 15) is 0 Å². The zero-order valence-electron chi connectivity index (χ0n) is 8.76. The van der Waals surface area contributed by atoms with Gasteiger partial charge in [-0.3, -0.25) is 4.90 Å². The molecule has 1 aliphatic heterocycles. The SMILES string of the molecule is Cl.NCC1CCCCN1Cc1nccs1. The summed E-state index contributed by atoms with van der Waals surface area (Å²) in [6.07, 6.45) is 5.77. The molecule has 1 aromatic heterocycles. The van der Waals surface area contributed by atoms with E-state index in [-0.39, 0.29) is 12.4 Å². The summed E-state index contributed by atoms with van der Waals surface area (Å²) in [7, 11) is 0. The van der Waals surface area contributed by atoms with Crippen molar-refractivity contribution in [2.24, 2.45) is 5.73 Å². The molecule has 15 heavy (non-hydrogen) atoms. The minimum Gasteiger partial charge on any atom is -0.329 e. The first-order chi connectivity index (χ1) is 6.90. The Kier molecular flexibility index (Phi) is 5.53. The van der Waals surface area contributed by atoms with Crippen LogP contribution in [0.25, 0.3) is 0 Å². The molecule has 2 heterocycles. The van der Waals surface area contributed by atoms with Crippen LogP contribution < -0.4 is 5.73 Å². The maximum Gasteiger partial charge on any atom is 0.107 e. The Morgan fingerprint density at radius 3 is 3.07 bits per heavy atom. The van der Waals surface area contributed by atoms with E-state index in [1.54, 1.807) is 11.3 Å². The molecule has 1 atom stereocenters. The van der Waals surface area contributed by atoms with Gasteiger partial charge in [-0.1, -0.05) is 6.42 Å². The molecule has 86 valence electrons. The van der Waals surface area contributed by atoms with Crippen LogP contribution in [0.1, 0.15) is 24.3 Å². The third-order valence-electron chi connectivity index (χ3n) is 2.84. The minimum atomic E-state index is 0. The van der Waals surface area contributed by atoms with Crippen molar-refractivity contribution in [3.05, 3.63) is 16.6 Å². The standard InChI is InChI=1S/C10H17N3S.ClH/c11-7-9-3-1-2-5-13(9)8-10-12-4-6-14-10;/h4,6,9H,1-3,5,7-8,11H2;1H. The van der Waals surface area contributed by atoms with Crippen molar-refractivity contribution < 1.29 is 0 Å². The molecule has 0 aliphatic carbocycles. The van der Waals surface area contributed by atoms with Crippen molar-refractivity contribution in [1.82, 2.24) is 9.88 Å². The molecule has 2 rings (SSSR count). The largest absolute Gasteiger partial charge is 0.329 e. The number of thiazole rings is 1. The Morgan fingerprint density at radius 1 is 1.53 bits per heavy atom. The van der Waals surface area contributed by atoms with Crippen LogP contribution >= 0.6 is 23.7 Å². The lowest BCUT2D eigenvalue weighted by molar-refractivity contribution is 0.144. The minimum absolute atomic E-state index is 0. The van der Waals surface area contributed by atoms with Gasteiger partial charge in [0.15, 0.2) is 0 Å². The Balaban J connectivity index is 0.00000112. The molecule has 1 aliphatic rings. The number of nitrogens with zero attached hydrogens (tertiary/aromatic N) is 2. The van der Waals surface area contributed by atoms with Gasteiger partial charge in [-0.25, -0.2) is 4.98 Å². The highest BCUT2D eigenvalue weighted by atomic mass is 35.5. The third-order valence-corrected chi connectivity index (χ3v) is 3.61. The van der Waals surface area contributed by atoms with Crippen LogP contribution in [-0.4, -0.2) is 29.0 Å². The summed E-state index contributed by atoms with van der Waals surface area (Å²) in [5.41, 5.74) is 5.76. The van der Waals surface area contributed by atoms with E-state index >= 15 is 0 Å². The molecule has 0 amide bonds. The van der Waals surface area contributed by atoms with Crippen LogP contribution in [0, 0.1) is 0 Å². The quantitative estimate of drug-likeness (QED) is 0.887. The number of piperidine rings is 1. The predicted molar refractivity (Wildman–Crippen MR) is 66.5 cm³/mol. The zero-order chi connectivity index (χ0) is 9.80. The first-order valence-corrected chi connectivity index (χ1v) is 6.10. The topological polar surface area (TPSA) is 42.1 Å². The van der Waals surface area contributed by atoms with Crippen LogP contribution in [-0.2, 0) is 6.54 Å². The normalized spacial score (nSPS) is 22.3. The lowest BCUT2D eigenvalue weighted by Gasteiger charge is -2.34. The van der Waals surface area contributed by atoms with E-state index in [2.05, 4.69) is 9.88 Å². The van der Waals surface area contributed by atoms with Crippen molar-refractivity contribution >= 4 is 23.7 Å². The van der Waals surface area contributed by atoms with Crippen molar-refractivity contribution in [3.63, 3.8) is 0 Å². The van der Waals surface area contributed by atoms with Gasteiger partial charge in [0.2, 0.25) is 0 Å². The Hall–Kier alpha value is -0.160. The van der Waals surface area contributed by atoms with Crippen LogP contribution in [0.5, 0.6) is 0 Å². The van der Waals surface area contributed by atoms with E-state index < -0.39 is 0 Å². The molecule has 1 unspecified atom stereocenters. The average molecular weight is 248 g/mol. The summed E-state index contributed by atoms with van der Waals surface area (Å²) < 4.78 is 0. The maximum absolute atomic E-state index is 5.76. The van der Waals surface area contributed by atoms with Gasteiger partial charge in [-0.15, -0.1) is 23.7 Å².